The maximum absolute atomic E-state index is 13.2. The quantitative estimate of drug-likeness (QED) is 0.300. The summed E-state index contributed by atoms with van der Waals surface area (Å²) in [5.41, 5.74) is 3.02. The molecule has 0 bridgehead atoms. The fraction of sp³-hybridized carbons (Fsp3) is 0.464. The molecule has 2 aromatic heterocycles. The minimum absolute atomic E-state index is 0.115. The van der Waals surface area contributed by atoms with Crippen LogP contribution in [0, 0.1) is 0 Å². The average Bonchev–Trinajstić information content (AvgIpc) is 3.32. The molecule has 0 amide bonds. The van der Waals surface area contributed by atoms with E-state index in [9.17, 15) is 17.9 Å². The number of aromatic nitrogens is 4. The number of fused-ring (bicyclic) bond motifs is 1. The van der Waals surface area contributed by atoms with Gasteiger partial charge in [-0.15, -0.1) is 0 Å². The smallest absolute Gasteiger partial charge is 0.240 e. The second-order valence-electron chi connectivity index (χ2n) is 10.3. The van der Waals surface area contributed by atoms with Crippen molar-refractivity contribution in [1.29, 1.82) is 0 Å². The Morgan fingerprint density at radius 1 is 1.10 bits per heavy atom. The number of hydrogen-bond acceptors (Lipinski definition) is 7. The van der Waals surface area contributed by atoms with Crippen molar-refractivity contribution in [1.82, 2.24) is 24.5 Å². The summed E-state index contributed by atoms with van der Waals surface area (Å²) >= 11 is 0. The number of sulfonamides is 1. The lowest BCUT2D eigenvalue weighted by atomic mass is 9.93. The summed E-state index contributed by atoms with van der Waals surface area (Å²) in [5, 5.41) is 19.0. The van der Waals surface area contributed by atoms with Crippen LogP contribution in [0.4, 0.5) is 10.3 Å². The van der Waals surface area contributed by atoms with Gasteiger partial charge in [-0.2, -0.15) is 10.1 Å². The molecule has 2 aliphatic rings. The first kappa shape index (κ1) is 27.4. The number of benzene rings is 1. The minimum atomic E-state index is -3.74. The molecule has 2 heterocycles. The Labute approximate surface area is 228 Å². The first-order chi connectivity index (χ1) is 18.8. The number of anilines is 1. The summed E-state index contributed by atoms with van der Waals surface area (Å²) in [6.45, 7) is 3.06. The van der Waals surface area contributed by atoms with Crippen molar-refractivity contribution in [2.24, 2.45) is 0 Å². The molecule has 0 spiro atoms. The lowest BCUT2D eigenvalue weighted by Gasteiger charge is -2.25. The van der Waals surface area contributed by atoms with Crippen LogP contribution in [0.3, 0.4) is 0 Å². The summed E-state index contributed by atoms with van der Waals surface area (Å²) in [7, 11) is -3.74. The van der Waals surface area contributed by atoms with Gasteiger partial charge in [-0.3, -0.25) is 0 Å². The molecule has 0 unspecified atom stereocenters. The maximum atomic E-state index is 13.2. The lowest BCUT2D eigenvalue weighted by molar-refractivity contribution is 0.109. The molecule has 208 valence electrons. The summed E-state index contributed by atoms with van der Waals surface area (Å²) in [4.78, 5) is 9.45. The van der Waals surface area contributed by atoms with E-state index in [1.54, 1.807) is 36.5 Å². The highest BCUT2D eigenvalue weighted by Gasteiger charge is 2.26. The summed E-state index contributed by atoms with van der Waals surface area (Å²) in [6, 6.07) is 6.74. The minimum Gasteiger partial charge on any atom is -0.393 e. The third-order valence-corrected chi connectivity index (χ3v) is 8.80. The number of allylic oxidation sites excluding steroid dienone is 3. The van der Waals surface area contributed by atoms with Crippen LogP contribution in [0.1, 0.15) is 64.3 Å². The van der Waals surface area contributed by atoms with Crippen LogP contribution >= 0.6 is 0 Å². The zero-order valence-electron chi connectivity index (χ0n) is 22.1. The number of nitrogens with zero attached hydrogens (tertiary/aromatic N) is 4. The van der Waals surface area contributed by atoms with E-state index in [2.05, 4.69) is 21.9 Å². The van der Waals surface area contributed by atoms with E-state index in [1.807, 2.05) is 4.68 Å². The van der Waals surface area contributed by atoms with Crippen LogP contribution in [0.25, 0.3) is 22.3 Å². The van der Waals surface area contributed by atoms with Crippen LogP contribution < -0.4 is 10.0 Å². The van der Waals surface area contributed by atoms with Crippen LogP contribution in [-0.4, -0.2) is 52.5 Å². The summed E-state index contributed by atoms with van der Waals surface area (Å²) in [6.07, 6.45) is 10.4. The molecule has 9 nitrogen and oxygen atoms in total. The van der Waals surface area contributed by atoms with Gasteiger partial charge in [-0.05, 0) is 56.7 Å². The van der Waals surface area contributed by atoms with Crippen molar-refractivity contribution in [3.8, 4) is 11.3 Å². The molecular formula is C28H35FN6O3S. The second kappa shape index (κ2) is 11.9. The molecule has 0 radical (unpaired) electrons. The van der Waals surface area contributed by atoms with Crippen molar-refractivity contribution in [2.75, 3.05) is 18.4 Å². The average molecular weight is 555 g/mol. The molecule has 39 heavy (non-hydrogen) atoms. The van der Waals surface area contributed by atoms with Gasteiger partial charge in [0, 0.05) is 31.3 Å². The van der Waals surface area contributed by atoms with E-state index in [0.717, 1.165) is 67.2 Å². The molecule has 3 N–H and O–H groups in total. The normalized spacial score (nSPS) is 20.1. The molecule has 1 aromatic carbocycles. The monoisotopic (exact) mass is 554 g/mol. The molecule has 1 saturated carbocycles. The Morgan fingerprint density at radius 2 is 1.87 bits per heavy atom. The Balaban J connectivity index is 1.41. The first-order valence-electron chi connectivity index (χ1n) is 13.7. The second-order valence-corrected chi connectivity index (χ2v) is 12.0. The van der Waals surface area contributed by atoms with Crippen LogP contribution in [0.2, 0.25) is 0 Å². The fourth-order valence-electron chi connectivity index (χ4n) is 5.02. The van der Waals surface area contributed by atoms with Gasteiger partial charge in [0.05, 0.1) is 22.4 Å². The SMILES string of the molecule is CCCCNc1ncc2c(-c3ccc(S(=O)(=O)NCC4=CC=C(F)CC4)cc3)nn(C3CCC(O)CC3)c2n1. The Morgan fingerprint density at radius 3 is 2.56 bits per heavy atom. The number of nitrogens with one attached hydrogen (secondary N) is 2. The molecule has 0 aliphatic heterocycles. The standard InChI is InChI=1S/C28H35FN6O3S/c1-2-3-16-30-28-31-18-25-26(34-35(27(25)33-28)22-10-12-23(36)13-11-22)20-6-14-24(15-7-20)39(37,38)32-17-19-4-8-21(29)9-5-19/h4,6-8,14-15,18,22-23,32,36H,2-3,5,9-13,16-17H2,1H3,(H,30,31,33). The van der Waals surface area contributed by atoms with Gasteiger partial charge in [0.25, 0.3) is 0 Å². The largest absolute Gasteiger partial charge is 0.393 e. The highest BCUT2D eigenvalue weighted by Crippen LogP contribution is 2.35. The van der Waals surface area contributed by atoms with Gasteiger partial charge in [0.1, 0.15) is 11.5 Å². The number of aliphatic hydroxyl groups is 1. The molecule has 5 rings (SSSR count). The maximum Gasteiger partial charge on any atom is 0.240 e. The molecular weight excluding hydrogens is 519 g/mol. The van der Waals surface area contributed by atoms with Crippen LogP contribution in [0.15, 0.2) is 58.9 Å². The van der Waals surface area contributed by atoms with E-state index in [1.165, 1.54) is 6.08 Å². The summed E-state index contributed by atoms with van der Waals surface area (Å²) < 4.78 is 43.6. The Kier molecular flexibility index (Phi) is 8.39. The van der Waals surface area contributed by atoms with Gasteiger partial charge in [0.15, 0.2) is 5.65 Å². The number of aliphatic hydroxyl groups excluding tert-OH is 1. The van der Waals surface area contributed by atoms with E-state index in [4.69, 9.17) is 10.1 Å². The van der Waals surface area contributed by atoms with E-state index < -0.39 is 10.0 Å². The van der Waals surface area contributed by atoms with Gasteiger partial charge in [0.2, 0.25) is 16.0 Å². The highest BCUT2D eigenvalue weighted by molar-refractivity contribution is 7.89. The molecule has 0 saturated heterocycles. The van der Waals surface area contributed by atoms with Crippen molar-refractivity contribution >= 4 is 27.0 Å². The molecule has 3 aromatic rings. The zero-order valence-corrected chi connectivity index (χ0v) is 22.9. The highest BCUT2D eigenvalue weighted by atomic mass is 32.2. The van der Waals surface area contributed by atoms with Gasteiger partial charge < -0.3 is 10.4 Å². The third-order valence-electron chi connectivity index (χ3n) is 7.39. The van der Waals surface area contributed by atoms with Gasteiger partial charge >= 0.3 is 0 Å². The Hall–Kier alpha value is -3.15. The van der Waals surface area contributed by atoms with Gasteiger partial charge in [-0.25, -0.2) is 27.2 Å². The topological polar surface area (TPSA) is 122 Å². The summed E-state index contributed by atoms with van der Waals surface area (Å²) in [5.74, 6) is 0.362. The number of rotatable bonds is 10. The number of hydrogen-bond donors (Lipinski definition) is 3. The predicted molar refractivity (Wildman–Crippen MR) is 149 cm³/mol. The fourth-order valence-corrected chi connectivity index (χ4v) is 6.06. The molecule has 2 aliphatic carbocycles. The van der Waals surface area contributed by atoms with Crippen molar-refractivity contribution in [3.63, 3.8) is 0 Å². The van der Waals surface area contributed by atoms with Crippen molar-refractivity contribution in [2.45, 2.75) is 75.3 Å². The van der Waals surface area contributed by atoms with E-state index in [-0.39, 0.29) is 29.4 Å². The zero-order chi connectivity index (χ0) is 27.4. The van der Waals surface area contributed by atoms with E-state index in [0.29, 0.717) is 24.5 Å². The van der Waals surface area contributed by atoms with Crippen molar-refractivity contribution < 1.29 is 17.9 Å². The first-order valence-corrected chi connectivity index (χ1v) is 15.1. The van der Waals surface area contributed by atoms with E-state index >= 15 is 0 Å². The van der Waals surface area contributed by atoms with Crippen LogP contribution in [0.5, 0.6) is 0 Å². The molecule has 11 heteroatoms. The van der Waals surface area contributed by atoms with Crippen LogP contribution in [-0.2, 0) is 10.0 Å². The Bertz CT molecular complexity index is 1470. The predicted octanol–water partition coefficient (Wildman–Crippen LogP) is 5.03. The number of unbranched alkanes of at least 4 members (excludes halogenated alkanes) is 1. The lowest BCUT2D eigenvalue weighted by Crippen LogP contribution is -2.26. The third kappa shape index (κ3) is 6.37. The van der Waals surface area contributed by atoms with Crippen molar-refractivity contribution in [3.05, 3.63) is 54.0 Å². The number of halogens is 1. The molecule has 0 atom stereocenters. The van der Waals surface area contributed by atoms with Gasteiger partial charge in [-0.1, -0.05) is 37.1 Å². The molecule has 1 fully saturated rings.